The molecule has 1 aromatic rings. The van der Waals surface area contributed by atoms with Crippen LogP contribution in [0.4, 0.5) is 4.39 Å². The van der Waals surface area contributed by atoms with Gasteiger partial charge in [-0.3, -0.25) is 0 Å². The molecule has 0 aliphatic carbocycles. The van der Waals surface area contributed by atoms with Crippen LogP contribution in [0.25, 0.3) is 0 Å². The largest absolute Gasteiger partial charge is 0.494 e. The van der Waals surface area contributed by atoms with E-state index in [9.17, 15) is 9.50 Å². The quantitative estimate of drug-likeness (QED) is 0.855. The summed E-state index contributed by atoms with van der Waals surface area (Å²) in [5.74, 6) is -0.160. The van der Waals surface area contributed by atoms with Gasteiger partial charge in [0, 0.05) is 12.5 Å². The maximum atomic E-state index is 13.2. The molecule has 1 heterocycles. The van der Waals surface area contributed by atoms with Crippen molar-refractivity contribution in [2.24, 2.45) is 5.92 Å². The Labute approximate surface area is 93.8 Å². The number of aliphatic hydroxyl groups is 1. The van der Waals surface area contributed by atoms with Crippen LogP contribution in [0.5, 0.6) is 5.75 Å². The first-order valence-electron chi connectivity index (χ1n) is 5.31. The first kappa shape index (κ1) is 11.4. The van der Waals surface area contributed by atoms with Crippen LogP contribution in [-0.4, -0.2) is 25.4 Å². The molecule has 0 bridgehead atoms. The van der Waals surface area contributed by atoms with Gasteiger partial charge in [-0.1, -0.05) is 6.07 Å². The van der Waals surface area contributed by atoms with Crippen LogP contribution in [0.3, 0.4) is 0 Å². The number of aliphatic hydroxyl groups excluding tert-OH is 1. The van der Waals surface area contributed by atoms with Crippen LogP contribution < -0.4 is 4.74 Å². The smallest absolute Gasteiger partial charge is 0.165 e. The second-order valence-corrected chi connectivity index (χ2v) is 3.96. The van der Waals surface area contributed by atoms with Crippen molar-refractivity contribution < 1.29 is 19.0 Å². The molecule has 16 heavy (non-hydrogen) atoms. The van der Waals surface area contributed by atoms with E-state index in [4.69, 9.17) is 9.47 Å². The average Bonchev–Trinajstić information content (AvgIpc) is 2.82. The third-order valence-electron chi connectivity index (χ3n) is 2.93. The van der Waals surface area contributed by atoms with Crippen molar-refractivity contribution in [1.29, 1.82) is 0 Å². The summed E-state index contributed by atoms with van der Waals surface area (Å²) in [4.78, 5) is 0. The fourth-order valence-corrected chi connectivity index (χ4v) is 1.93. The number of halogens is 1. The lowest BCUT2D eigenvalue weighted by Gasteiger charge is -2.17. The molecule has 0 spiro atoms. The minimum absolute atomic E-state index is 0.0927. The number of ether oxygens (including phenoxy) is 2. The fourth-order valence-electron chi connectivity index (χ4n) is 1.93. The molecule has 0 saturated carbocycles. The lowest BCUT2D eigenvalue weighted by molar-refractivity contribution is 0.0915. The summed E-state index contributed by atoms with van der Waals surface area (Å²) >= 11 is 0. The second kappa shape index (κ2) is 4.80. The summed E-state index contributed by atoms with van der Waals surface area (Å²) in [6.07, 6.45) is 0.220. The summed E-state index contributed by atoms with van der Waals surface area (Å²) in [7, 11) is 1.41. The Morgan fingerprint density at radius 3 is 3.00 bits per heavy atom. The van der Waals surface area contributed by atoms with Crippen molar-refractivity contribution in [1.82, 2.24) is 0 Å². The van der Waals surface area contributed by atoms with Gasteiger partial charge < -0.3 is 14.6 Å². The third-order valence-corrected chi connectivity index (χ3v) is 2.93. The van der Waals surface area contributed by atoms with Crippen molar-refractivity contribution in [3.05, 3.63) is 29.6 Å². The zero-order valence-corrected chi connectivity index (χ0v) is 9.15. The van der Waals surface area contributed by atoms with Crippen LogP contribution >= 0.6 is 0 Å². The molecular weight excluding hydrogens is 211 g/mol. The molecule has 3 nitrogen and oxygen atoms in total. The summed E-state index contributed by atoms with van der Waals surface area (Å²) in [6.45, 7) is 1.24. The van der Waals surface area contributed by atoms with Gasteiger partial charge in [-0.05, 0) is 24.1 Å². The Morgan fingerprint density at radius 1 is 1.56 bits per heavy atom. The molecule has 2 rings (SSSR count). The van der Waals surface area contributed by atoms with Crippen LogP contribution in [0, 0.1) is 11.7 Å². The molecule has 0 amide bonds. The molecule has 1 aromatic carbocycles. The lowest BCUT2D eigenvalue weighted by Crippen LogP contribution is -2.12. The van der Waals surface area contributed by atoms with Crippen LogP contribution in [0.15, 0.2) is 18.2 Å². The topological polar surface area (TPSA) is 38.7 Å². The van der Waals surface area contributed by atoms with Gasteiger partial charge >= 0.3 is 0 Å². The van der Waals surface area contributed by atoms with E-state index in [0.29, 0.717) is 18.8 Å². The monoisotopic (exact) mass is 226 g/mol. The van der Waals surface area contributed by atoms with Crippen molar-refractivity contribution in [2.75, 3.05) is 20.3 Å². The van der Waals surface area contributed by atoms with Crippen molar-refractivity contribution >= 4 is 0 Å². The molecule has 2 unspecified atom stereocenters. The predicted octanol–water partition coefficient (Wildman–Crippen LogP) is 1.90. The van der Waals surface area contributed by atoms with E-state index in [0.717, 1.165) is 6.42 Å². The van der Waals surface area contributed by atoms with Gasteiger partial charge in [0.15, 0.2) is 11.6 Å². The maximum absolute atomic E-state index is 13.2. The highest BCUT2D eigenvalue weighted by molar-refractivity contribution is 5.31. The molecular formula is C12H15FO3. The molecule has 1 saturated heterocycles. The van der Waals surface area contributed by atoms with Gasteiger partial charge in [-0.2, -0.15) is 0 Å². The number of rotatable bonds is 3. The van der Waals surface area contributed by atoms with E-state index in [1.807, 2.05) is 0 Å². The van der Waals surface area contributed by atoms with Gasteiger partial charge in [-0.15, -0.1) is 0 Å². The van der Waals surface area contributed by atoms with Crippen molar-refractivity contribution in [3.8, 4) is 5.75 Å². The van der Waals surface area contributed by atoms with Crippen LogP contribution in [-0.2, 0) is 4.74 Å². The van der Waals surface area contributed by atoms with Crippen LogP contribution in [0.2, 0.25) is 0 Å². The molecule has 1 N–H and O–H groups in total. The van der Waals surface area contributed by atoms with Crippen molar-refractivity contribution in [2.45, 2.75) is 12.5 Å². The van der Waals surface area contributed by atoms with Gasteiger partial charge in [0.1, 0.15) is 0 Å². The Bertz CT molecular complexity index is 361. The van der Waals surface area contributed by atoms with E-state index in [1.165, 1.54) is 13.2 Å². The van der Waals surface area contributed by atoms with E-state index in [2.05, 4.69) is 0 Å². The molecule has 0 radical (unpaired) electrons. The molecule has 1 fully saturated rings. The number of hydrogen-bond acceptors (Lipinski definition) is 3. The van der Waals surface area contributed by atoms with E-state index in [-0.39, 0.29) is 11.7 Å². The standard InChI is InChI=1S/C12H15FO3/c1-15-11-6-8(2-3-10(11)13)12(14)9-4-5-16-7-9/h2-3,6,9,12,14H,4-5,7H2,1H3. The average molecular weight is 226 g/mol. The highest BCUT2D eigenvalue weighted by Crippen LogP contribution is 2.31. The summed E-state index contributed by atoms with van der Waals surface area (Å²) in [5.41, 5.74) is 0.675. The fraction of sp³-hybridized carbons (Fsp3) is 0.500. The summed E-state index contributed by atoms with van der Waals surface area (Å²) in [6, 6.07) is 4.44. The Morgan fingerprint density at radius 2 is 2.38 bits per heavy atom. The molecule has 1 aliphatic rings. The highest BCUT2D eigenvalue weighted by Gasteiger charge is 2.25. The lowest BCUT2D eigenvalue weighted by atomic mass is 9.95. The van der Waals surface area contributed by atoms with Gasteiger partial charge in [0.2, 0.25) is 0 Å². The molecule has 4 heteroatoms. The molecule has 88 valence electrons. The second-order valence-electron chi connectivity index (χ2n) is 3.96. The Hall–Kier alpha value is -1.13. The van der Waals surface area contributed by atoms with Gasteiger partial charge in [-0.25, -0.2) is 4.39 Å². The van der Waals surface area contributed by atoms with Gasteiger partial charge in [0.25, 0.3) is 0 Å². The maximum Gasteiger partial charge on any atom is 0.165 e. The van der Waals surface area contributed by atoms with E-state index < -0.39 is 11.9 Å². The minimum Gasteiger partial charge on any atom is -0.494 e. The zero-order valence-electron chi connectivity index (χ0n) is 9.15. The predicted molar refractivity (Wildman–Crippen MR) is 56.8 cm³/mol. The van der Waals surface area contributed by atoms with E-state index >= 15 is 0 Å². The first-order chi connectivity index (χ1) is 7.72. The normalized spacial score (nSPS) is 22.1. The van der Waals surface area contributed by atoms with Crippen molar-refractivity contribution in [3.63, 3.8) is 0 Å². The van der Waals surface area contributed by atoms with Crippen LogP contribution in [0.1, 0.15) is 18.1 Å². The highest BCUT2D eigenvalue weighted by atomic mass is 19.1. The Balaban J connectivity index is 2.19. The molecule has 2 atom stereocenters. The molecule has 0 aromatic heterocycles. The van der Waals surface area contributed by atoms with Gasteiger partial charge in [0.05, 0.1) is 19.8 Å². The SMILES string of the molecule is COc1cc(C(O)C2CCOC2)ccc1F. The zero-order chi connectivity index (χ0) is 11.5. The number of methoxy groups -OCH3 is 1. The number of hydrogen-bond donors (Lipinski definition) is 1. The third kappa shape index (κ3) is 2.18. The first-order valence-corrected chi connectivity index (χ1v) is 5.31. The summed E-state index contributed by atoms with van der Waals surface area (Å²) < 4.78 is 23.3. The van der Waals surface area contributed by atoms with E-state index in [1.54, 1.807) is 12.1 Å². The Kier molecular flexibility index (Phi) is 3.41. The number of benzene rings is 1. The minimum atomic E-state index is -0.614. The molecule has 1 aliphatic heterocycles. The summed E-state index contributed by atoms with van der Waals surface area (Å²) in [5, 5.41) is 10.1.